The zero-order valence-corrected chi connectivity index (χ0v) is 20.3. The molecule has 3 aromatic rings. The molecule has 0 heterocycles. The number of halogens is 4. The number of nitrogens with one attached hydrogen (secondary N) is 2. The van der Waals surface area contributed by atoms with Crippen LogP contribution in [0.15, 0.2) is 42.5 Å². The van der Waals surface area contributed by atoms with Gasteiger partial charge in [-0.2, -0.15) is 0 Å². The molecule has 0 aliphatic heterocycles. The number of aryl methyl sites for hydroxylation is 1. The number of carbonyl (C=O) groups excluding carboxylic acids is 2. The molecule has 3 rings (SSSR count). The second-order valence-electron chi connectivity index (χ2n) is 6.98. The van der Waals surface area contributed by atoms with E-state index in [9.17, 15) is 9.59 Å². The molecule has 0 aliphatic rings. The van der Waals surface area contributed by atoms with Gasteiger partial charge in [0.1, 0.15) is 11.5 Å². The molecule has 166 valence electrons. The maximum absolute atomic E-state index is 12.4. The van der Waals surface area contributed by atoms with E-state index in [1.165, 1.54) is 6.07 Å². The molecule has 0 radical (unpaired) electrons. The Kier molecular flexibility index (Phi) is 7.57. The lowest BCUT2D eigenvalue weighted by Crippen LogP contribution is -2.34. The zero-order chi connectivity index (χ0) is 23.6. The molecular weight excluding hydrogens is 494 g/mol. The van der Waals surface area contributed by atoms with Crippen LogP contribution in [0.2, 0.25) is 20.1 Å². The average Bonchev–Trinajstić information content (AvgIpc) is 2.74. The van der Waals surface area contributed by atoms with E-state index in [1.54, 1.807) is 57.2 Å². The number of hydrogen-bond acceptors (Lipinski definition) is 3. The van der Waals surface area contributed by atoms with E-state index in [-0.39, 0.29) is 10.6 Å². The van der Waals surface area contributed by atoms with Gasteiger partial charge in [-0.15, -0.1) is 0 Å². The SMILES string of the molecule is Cc1cc(NC(=O)NC(=O)c2ccccc2Cl)c(C)c(Cl)c1Oc1ccc(Cl)c(Cl)c1C. The van der Waals surface area contributed by atoms with Gasteiger partial charge in [0.25, 0.3) is 5.91 Å². The van der Waals surface area contributed by atoms with Gasteiger partial charge in [-0.25, -0.2) is 4.79 Å². The summed E-state index contributed by atoms with van der Waals surface area (Å²) in [5.41, 5.74) is 2.52. The van der Waals surface area contributed by atoms with Crippen LogP contribution in [0.5, 0.6) is 11.5 Å². The van der Waals surface area contributed by atoms with Crippen LogP contribution in [0.25, 0.3) is 0 Å². The first kappa shape index (κ1) is 24.2. The third-order valence-corrected chi connectivity index (χ3v) is 6.43. The van der Waals surface area contributed by atoms with Crippen LogP contribution >= 0.6 is 46.4 Å². The summed E-state index contributed by atoms with van der Waals surface area (Å²) in [4.78, 5) is 24.7. The highest BCUT2D eigenvalue weighted by atomic mass is 35.5. The Balaban J connectivity index is 1.81. The fourth-order valence-corrected chi connectivity index (χ4v) is 3.80. The van der Waals surface area contributed by atoms with Gasteiger partial charge in [0.2, 0.25) is 0 Å². The van der Waals surface area contributed by atoms with E-state index in [1.807, 2.05) is 0 Å². The number of imide groups is 1. The maximum atomic E-state index is 12.4. The molecule has 0 saturated carbocycles. The highest BCUT2D eigenvalue weighted by Crippen LogP contribution is 2.41. The Labute approximate surface area is 205 Å². The molecule has 0 unspecified atom stereocenters. The minimum atomic E-state index is -0.720. The number of rotatable bonds is 4. The zero-order valence-electron chi connectivity index (χ0n) is 17.3. The molecule has 0 bridgehead atoms. The highest BCUT2D eigenvalue weighted by Gasteiger charge is 2.19. The fourth-order valence-electron chi connectivity index (χ4n) is 2.93. The van der Waals surface area contributed by atoms with E-state index in [2.05, 4.69) is 10.6 Å². The van der Waals surface area contributed by atoms with E-state index < -0.39 is 11.9 Å². The number of urea groups is 1. The summed E-state index contributed by atoms with van der Waals surface area (Å²) in [6.07, 6.45) is 0. The lowest BCUT2D eigenvalue weighted by Gasteiger charge is -2.18. The lowest BCUT2D eigenvalue weighted by atomic mass is 10.1. The lowest BCUT2D eigenvalue weighted by molar-refractivity contribution is 0.0967. The summed E-state index contributed by atoms with van der Waals surface area (Å²) in [6, 6.07) is 10.7. The van der Waals surface area contributed by atoms with Crippen LogP contribution in [0.3, 0.4) is 0 Å². The van der Waals surface area contributed by atoms with Crippen molar-refractivity contribution in [2.45, 2.75) is 20.8 Å². The van der Waals surface area contributed by atoms with Crippen molar-refractivity contribution in [3.05, 3.63) is 84.8 Å². The van der Waals surface area contributed by atoms with Crippen molar-refractivity contribution < 1.29 is 14.3 Å². The third-order valence-electron chi connectivity index (χ3n) is 4.75. The van der Waals surface area contributed by atoms with Gasteiger partial charge < -0.3 is 10.1 Å². The number of amides is 3. The third kappa shape index (κ3) is 5.13. The van der Waals surface area contributed by atoms with Gasteiger partial charge in [0, 0.05) is 11.3 Å². The molecule has 9 heteroatoms. The number of ether oxygens (including phenoxy) is 1. The number of benzene rings is 3. The normalized spacial score (nSPS) is 10.6. The summed E-state index contributed by atoms with van der Waals surface area (Å²) in [6.45, 7) is 5.29. The van der Waals surface area contributed by atoms with Crippen molar-refractivity contribution in [3.63, 3.8) is 0 Å². The van der Waals surface area contributed by atoms with Crippen LogP contribution in [0.1, 0.15) is 27.0 Å². The van der Waals surface area contributed by atoms with E-state index in [4.69, 9.17) is 51.1 Å². The minimum absolute atomic E-state index is 0.191. The molecule has 2 N–H and O–H groups in total. The molecule has 0 atom stereocenters. The number of anilines is 1. The predicted molar refractivity (Wildman–Crippen MR) is 130 cm³/mol. The van der Waals surface area contributed by atoms with E-state index >= 15 is 0 Å². The van der Waals surface area contributed by atoms with Gasteiger partial charge in [-0.05, 0) is 62.2 Å². The first-order chi connectivity index (χ1) is 15.1. The van der Waals surface area contributed by atoms with Gasteiger partial charge in [0.15, 0.2) is 0 Å². The predicted octanol–water partition coefficient (Wildman–Crippen LogP) is 7.98. The van der Waals surface area contributed by atoms with Crippen molar-refractivity contribution in [2.75, 3.05) is 5.32 Å². The van der Waals surface area contributed by atoms with Crippen molar-refractivity contribution in [1.82, 2.24) is 5.32 Å². The topological polar surface area (TPSA) is 67.4 Å². The summed E-state index contributed by atoms with van der Waals surface area (Å²) >= 11 is 24.8. The Hall–Kier alpha value is -2.44. The monoisotopic (exact) mass is 510 g/mol. The summed E-state index contributed by atoms with van der Waals surface area (Å²) in [5.74, 6) is 0.306. The minimum Gasteiger partial charge on any atom is -0.455 e. The molecular formula is C23H18Cl4N2O3. The van der Waals surface area contributed by atoms with Crippen molar-refractivity contribution >= 4 is 64.0 Å². The van der Waals surface area contributed by atoms with Crippen molar-refractivity contribution in [3.8, 4) is 11.5 Å². The number of carbonyl (C=O) groups is 2. The largest absolute Gasteiger partial charge is 0.455 e. The van der Waals surface area contributed by atoms with Crippen LogP contribution in [0.4, 0.5) is 10.5 Å². The molecule has 5 nitrogen and oxygen atoms in total. The van der Waals surface area contributed by atoms with Gasteiger partial charge in [-0.1, -0.05) is 58.5 Å². The first-order valence-corrected chi connectivity index (χ1v) is 10.9. The summed E-state index contributed by atoms with van der Waals surface area (Å²) in [5, 5.41) is 6.26. The molecule has 3 amide bonds. The van der Waals surface area contributed by atoms with E-state index in [0.29, 0.717) is 48.9 Å². The quantitative estimate of drug-likeness (QED) is 0.373. The summed E-state index contributed by atoms with van der Waals surface area (Å²) in [7, 11) is 0. The van der Waals surface area contributed by atoms with Crippen LogP contribution < -0.4 is 15.4 Å². The average molecular weight is 512 g/mol. The Morgan fingerprint density at radius 1 is 0.844 bits per heavy atom. The van der Waals surface area contributed by atoms with Gasteiger partial charge >= 0.3 is 6.03 Å². The fraction of sp³-hybridized carbons (Fsp3) is 0.130. The van der Waals surface area contributed by atoms with E-state index in [0.717, 1.165) is 0 Å². The Morgan fingerprint density at radius 2 is 1.53 bits per heavy atom. The van der Waals surface area contributed by atoms with Crippen LogP contribution in [-0.4, -0.2) is 11.9 Å². The second-order valence-corrected chi connectivity index (χ2v) is 8.55. The molecule has 0 aromatic heterocycles. The molecule has 0 saturated heterocycles. The standard InChI is InChI=1S/C23H18Cl4N2O3/c1-11-10-17(28-23(31)29-22(30)14-6-4-5-7-15(14)24)12(2)20(27)21(11)32-18-9-8-16(25)19(26)13(18)3/h4-10H,1-3H3,(H2,28,29,30,31). The van der Waals surface area contributed by atoms with Crippen LogP contribution in [0, 0.1) is 20.8 Å². The summed E-state index contributed by atoms with van der Waals surface area (Å²) < 4.78 is 6.01. The maximum Gasteiger partial charge on any atom is 0.326 e. The molecule has 0 aliphatic carbocycles. The van der Waals surface area contributed by atoms with Gasteiger partial charge in [-0.3, -0.25) is 10.1 Å². The molecule has 0 fully saturated rings. The number of hydrogen-bond donors (Lipinski definition) is 2. The first-order valence-electron chi connectivity index (χ1n) is 9.39. The second kappa shape index (κ2) is 10.0. The smallest absolute Gasteiger partial charge is 0.326 e. The van der Waals surface area contributed by atoms with Crippen molar-refractivity contribution in [2.24, 2.45) is 0 Å². The van der Waals surface area contributed by atoms with Crippen molar-refractivity contribution in [1.29, 1.82) is 0 Å². The highest BCUT2D eigenvalue weighted by molar-refractivity contribution is 6.42. The van der Waals surface area contributed by atoms with Crippen LogP contribution in [-0.2, 0) is 0 Å². The molecule has 32 heavy (non-hydrogen) atoms. The Bertz CT molecular complexity index is 1230. The molecule has 3 aromatic carbocycles. The Morgan fingerprint density at radius 3 is 2.22 bits per heavy atom. The van der Waals surface area contributed by atoms with Gasteiger partial charge in [0.05, 0.1) is 25.7 Å². The molecule has 0 spiro atoms.